The number of hydrogen-bond acceptors (Lipinski definition) is 5. The van der Waals surface area contributed by atoms with E-state index in [9.17, 15) is 14.4 Å². The minimum Gasteiger partial charge on any atom is -0.458 e. The highest BCUT2D eigenvalue weighted by molar-refractivity contribution is 5.82. The smallest absolute Gasteiger partial charge is 0.325 e. The minimum absolute atomic E-state index is 0.0491. The van der Waals surface area contributed by atoms with E-state index >= 15 is 0 Å². The van der Waals surface area contributed by atoms with E-state index in [0.717, 1.165) is 12.8 Å². The normalized spacial score (nSPS) is 29.1. The summed E-state index contributed by atoms with van der Waals surface area (Å²) in [4.78, 5) is 35.5. The quantitative estimate of drug-likeness (QED) is 0.750. The van der Waals surface area contributed by atoms with Crippen LogP contribution in [0.15, 0.2) is 0 Å². The fraction of sp³-hybridized carbons (Fsp3) is 0.833. The molecule has 0 radical (unpaired) electrons. The second-order valence-electron chi connectivity index (χ2n) is 8.10. The lowest BCUT2D eigenvalue weighted by Gasteiger charge is -2.32. The third kappa shape index (κ3) is 4.95. The van der Waals surface area contributed by atoms with Gasteiger partial charge in [-0.05, 0) is 24.7 Å². The van der Waals surface area contributed by atoms with Crippen molar-refractivity contribution in [2.45, 2.75) is 72.0 Å². The van der Waals surface area contributed by atoms with Crippen molar-refractivity contribution in [2.24, 2.45) is 17.3 Å². The molecule has 2 rings (SSSR count). The second-order valence-corrected chi connectivity index (χ2v) is 8.10. The Bertz CT molecular complexity index is 496. The fourth-order valence-electron chi connectivity index (χ4n) is 3.38. The third-order valence-corrected chi connectivity index (χ3v) is 4.86. The Morgan fingerprint density at radius 3 is 2.62 bits per heavy atom. The Kier molecular flexibility index (Phi) is 5.88. The van der Waals surface area contributed by atoms with Gasteiger partial charge in [0.25, 0.3) is 0 Å². The zero-order valence-electron chi connectivity index (χ0n) is 15.1. The van der Waals surface area contributed by atoms with Gasteiger partial charge in [-0.2, -0.15) is 0 Å². The van der Waals surface area contributed by atoms with Crippen LogP contribution in [0.4, 0.5) is 0 Å². The van der Waals surface area contributed by atoms with Crippen molar-refractivity contribution in [3.05, 3.63) is 0 Å². The van der Waals surface area contributed by atoms with Crippen LogP contribution in [0, 0.1) is 17.3 Å². The zero-order valence-corrected chi connectivity index (χ0v) is 15.1. The minimum atomic E-state index is -0.469. The van der Waals surface area contributed by atoms with Gasteiger partial charge < -0.3 is 14.8 Å². The van der Waals surface area contributed by atoms with Gasteiger partial charge in [-0.3, -0.25) is 14.4 Å². The van der Waals surface area contributed by atoms with Crippen LogP contribution in [0.5, 0.6) is 0 Å². The van der Waals surface area contributed by atoms with Crippen molar-refractivity contribution < 1.29 is 23.9 Å². The van der Waals surface area contributed by atoms with Crippen LogP contribution in [-0.2, 0) is 23.9 Å². The van der Waals surface area contributed by atoms with Crippen molar-refractivity contribution in [3.8, 4) is 0 Å². The molecule has 0 aromatic carbocycles. The molecule has 1 saturated heterocycles. The molecule has 4 atom stereocenters. The summed E-state index contributed by atoms with van der Waals surface area (Å²) >= 11 is 0. The summed E-state index contributed by atoms with van der Waals surface area (Å²) in [7, 11) is 0. The van der Waals surface area contributed by atoms with Gasteiger partial charge in [-0.1, -0.05) is 27.7 Å². The maximum atomic E-state index is 12.1. The number of ether oxygens (including phenoxy) is 2. The van der Waals surface area contributed by atoms with E-state index < -0.39 is 12.1 Å². The molecular weight excluding hydrogens is 310 g/mol. The molecule has 1 aliphatic heterocycles. The summed E-state index contributed by atoms with van der Waals surface area (Å²) in [5.74, 6) is -0.700. The summed E-state index contributed by atoms with van der Waals surface area (Å²) in [6.45, 7) is 8.09. The number of carbonyl (C=O) groups excluding carboxylic acids is 3. The number of carbonyl (C=O) groups is 3. The highest BCUT2D eigenvalue weighted by atomic mass is 16.6. The van der Waals surface area contributed by atoms with E-state index in [4.69, 9.17) is 9.47 Å². The molecular formula is C18H29NO5. The maximum absolute atomic E-state index is 12.1. The Balaban J connectivity index is 1.79. The first-order chi connectivity index (χ1) is 11.2. The lowest BCUT2D eigenvalue weighted by Crippen LogP contribution is -2.42. The van der Waals surface area contributed by atoms with E-state index in [-0.39, 0.29) is 41.8 Å². The lowest BCUT2D eigenvalue weighted by molar-refractivity contribution is -0.164. The number of amides is 1. The van der Waals surface area contributed by atoms with Gasteiger partial charge >= 0.3 is 11.9 Å². The van der Waals surface area contributed by atoms with Crippen LogP contribution >= 0.6 is 0 Å². The van der Waals surface area contributed by atoms with Gasteiger partial charge in [0.05, 0.1) is 5.92 Å². The number of fused-ring (bicyclic) bond motifs is 2. The van der Waals surface area contributed by atoms with Gasteiger partial charge in [0, 0.05) is 18.8 Å². The summed E-state index contributed by atoms with van der Waals surface area (Å²) < 4.78 is 10.9. The van der Waals surface area contributed by atoms with E-state index in [0.29, 0.717) is 19.3 Å². The van der Waals surface area contributed by atoms with Crippen LogP contribution in [0.3, 0.4) is 0 Å². The van der Waals surface area contributed by atoms with Gasteiger partial charge in [-0.15, -0.1) is 0 Å². The van der Waals surface area contributed by atoms with Gasteiger partial charge in [0.2, 0.25) is 5.91 Å². The topological polar surface area (TPSA) is 81.7 Å². The summed E-state index contributed by atoms with van der Waals surface area (Å²) in [6, 6.07) is 0. The van der Waals surface area contributed by atoms with Crippen LogP contribution in [0.25, 0.3) is 0 Å². The molecule has 0 aromatic rings. The molecule has 0 aromatic heterocycles. The molecule has 2 bridgehead atoms. The van der Waals surface area contributed by atoms with E-state index in [1.165, 1.54) is 0 Å². The Morgan fingerprint density at radius 2 is 2.00 bits per heavy atom. The third-order valence-electron chi connectivity index (χ3n) is 4.86. The second kappa shape index (κ2) is 7.53. The van der Waals surface area contributed by atoms with Crippen molar-refractivity contribution in [1.82, 2.24) is 5.32 Å². The van der Waals surface area contributed by atoms with Crippen LogP contribution < -0.4 is 5.32 Å². The standard InChI is InChI=1S/C18H29NO5/c1-5-11-8-12-9-13(23-17(12)22)16(11)24-15(21)10-19-14(20)6-7-18(2,3)4/h11-13,16H,5-10H2,1-4H3,(H,19,20). The molecule has 6 heteroatoms. The first-order valence-electron chi connectivity index (χ1n) is 8.86. The van der Waals surface area contributed by atoms with E-state index in [1.807, 2.05) is 6.92 Å². The summed E-state index contributed by atoms with van der Waals surface area (Å²) in [5, 5.41) is 2.61. The zero-order chi connectivity index (χ0) is 17.9. The van der Waals surface area contributed by atoms with Gasteiger partial charge in [0.15, 0.2) is 0 Å². The number of rotatable bonds is 6. The van der Waals surface area contributed by atoms with Crippen molar-refractivity contribution in [3.63, 3.8) is 0 Å². The van der Waals surface area contributed by atoms with E-state index in [2.05, 4.69) is 26.1 Å². The number of nitrogens with one attached hydrogen (secondary N) is 1. The monoisotopic (exact) mass is 339 g/mol. The van der Waals surface area contributed by atoms with Crippen molar-refractivity contribution in [1.29, 1.82) is 0 Å². The van der Waals surface area contributed by atoms with Crippen LogP contribution in [-0.4, -0.2) is 36.6 Å². The van der Waals surface area contributed by atoms with E-state index in [1.54, 1.807) is 0 Å². The Labute approximate surface area is 143 Å². The number of hydrogen-bond donors (Lipinski definition) is 1. The summed E-state index contributed by atoms with van der Waals surface area (Å²) in [6.07, 6.45) is 2.60. The first-order valence-corrected chi connectivity index (χ1v) is 8.86. The lowest BCUT2D eigenvalue weighted by atomic mass is 9.78. The highest BCUT2D eigenvalue weighted by Crippen LogP contribution is 2.40. The molecule has 136 valence electrons. The van der Waals surface area contributed by atoms with Gasteiger partial charge in [0.1, 0.15) is 18.8 Å². The molecule has 24 heavy (non-hydrogen) atoms. The predicted molar refractivity (Wildman–Crippen MR) is 88.0 cm³/mol. The number of esters is 2. The average molecular weight is 339 g/mol. The average Bonchev–Trinajstić information content (AvgIpc) is 2.81. The SMILES string of the molecule is CCC1CC2CC(OC2=O)C1OC(=O)CNC(=O)CCC(C)(C)C. The molecule has 2 fully saturated rings. The molecule has 0 spiro atoms. The van der Waals surface area contributed by atoms with Crippen molar-refractivity contribution in [2.75, 3.05) is 6.54 Å². The molecule has 1 aliphatic carbocycles. The van der Waals surface area contributed by atoms with Crippen LogP contribution in [0.2, 0.25) is 0 Å². The van der Waals surface area contributed by atoms with Gasteiger partial charge in [-0.25, -0.2) is 0 Å². The molecule has 1 heterocycles. The predicted octanol–water partition coefficient (Wildman–Crippen LogP) is 2.20. The Hall–Kier alpha value is -1.59. The molecule has 1 N–H and O–H groups in total. The fourth-order valence-corrected chi connectivity index (χ4v) is 3.38. The van der Waals surface area contributed by atoms with Crippen LogP contribution in [0.1, 0.15) is 59.8 Å². The largest absolute Gasteiger partial charge is 0.458 e. The van der Waals surface area contributed by atoms with Crippen molar-refractivity contribution >= 4 is 17.8 Å². The molecule has 1 amide bonds. The molecule has 6 nitrogen and oxygen atoms in total. The highest BCUT2D eigenvalue weighted by Gasteiger charge is 2.49. The first kappa shape index (κ1) is 18.7. The molecule has 1 saturated carbocycles. The molecule has 4 unspecified atom stereocenters. The maximum Gasteiger partial charge on any atom is 0.325 e. The Morgan fingerprint density at radius 1 is 1.29 bits per heavy atom. The summed E-state index contributed by atoms with van der Waals surface area (Å²) in [5.41, 5.74) is 0.0805. The molecule has 2 aliphatic rings.